The standard InChI is InChI=1S/C29H37Cl2N5O4/c30-22-8-4-5-9-26(22)40-29(39)35-12-13-36(28(38)24(33)15-19-6-2-1-3-7-19)25(18-35)27(37)34-17-20-10-11-21(16-32)23(31)14-20/h4-5,8-11,14,19,24-25H,1-3,6-7,12-13,15-18,32-33H2,(H,34,37)/t24-,25-/m0/s1/i19D. The van der Waals surface area contributed by atoms with Gasteiger partial charge in [-0.15, -0.1) is 0 Å². The van der Waals surface area contributed by atoms with E-state index >= 15 is 0 Å². The lowest BCUT2D eigenvalue weighted by Gasteiger charge is -2.41. The minimum atomic E-state index is -1.01. The van der Waals surface area contributed by atoms with Gasteiger partial charge in [0.2, 0.25) is 11.8 Å². The molecule has 2 aromatic carbocycles. The van der Waals surface area contributed by atoms with Crippen LogP contribution in [0.15, 0.2) is 42.5 Å². The minimum absolute atomic E-state index is 0.0876. The largest absolute Gasteiger partial charge is 0.415 e. The van der Waals surface area contributed by atoms with Crippen molar-refractivity contribution in [2.45, 2.75) is 63.7 Å². The first-order valence-electron chi connectivity index (χ1n) is 14.1. The predicted molar refractivity (Wildman–Crippen MR) is 155 cm³/mol. The van der Waals surface area contributed by atoms with Gasteiger partial charge in [0.15, 0.2) is 5.75 Å². The Kier molecular flexibility index (Phi) is 10.2. The zero-order chi connectivity index (χ0) is 29.6. The Morgan fingerprint density at radius 3 is 2.52 bits per heavy atom. The van der Waals surface area contributed by atoms with Crippen molar-refractivity contribution < 1.29 is 20.5 Å². The molecule has 40 heavy (non-hydrogen) atoms. The van der Waals surface area contributed by atoms with Crippen LogP contribution in [0.5, 0.6) is 5.75 Å². The van der Waals surface area contributed by atoms with Crippen molar-refractivity contribution in [3.05, 3.63) is 63.6 Å². The lowest BCUT2D eigenvalue weighted by molar-refractivity contribution is -0.144. The molecular weight excluding hydrogens is 553 g/mol. The Balaban J connectivity index is 1.48. The number of carbonyl (C=O) groups excluding carboxylic acids is 3. The molecule has 216 valence electrons. The first-order valence-corrected chi connectivity index (χ1v) is 14.4. The van der Waals surface area contributed by atoms with Crippen molar-refractivity contribution >= 4 is 41.1 Å². The summed E-state index contributed by atoms with van der Waals surface area (Å²) in [5.41, 5.74) is 13.6. The molecule has 0 aromatic heterocycles. The summed E-state index contributed by atoms with van der Waals surface area (Å²) in [6.45, 7) is 0.600. The number of ether oxygens (including phenoxy) is 1. The summed E-state index contributed by atoms with van der Waals surface area (Å²) < 4.78 is 14.3. The predicted octanol–water partition coefficient (Wildman–Crippen LogP) is 4.08. The SMILES string of the molecule is [2H]C1(C[C@H](N)C(=O)N2CCN(C(=O)Oc3ccccc3Cl)C[C@H]2C(=O)NCc2ccc(CN)c(Cl)c2)CCCCC1. The molecule has 4 rings (SSSR count). The number of nitrogens with one attached hydrogen (secondary N) is 1. The Hall–Kier alpha value is -2.85. The van der Waals surface area contributed by atoms with Gasteiger partial charge in [-0.3, -0.25) is 9.59 Å². The van der Waals surface area contributed by atoms with Gasteiger partial charge in [0.1, 0.15) is 6.04 Å². The lowest BCUT2D eigenvalue weighted by atomic mass is 9.84. The first-order chi connectivity index (χ1) is 19.6. The van der Waals surface area contributed by atoms with Gasteiger partial charge < -0.3 is 31.3 Å². The molecule has 2 atom stereocenters. The number of benzene rings is 2. The Bertz CT molecular complexity index is 1260. The fourth-order valence-corrected chi connectivity index (χ4v) is 5.62. The number of rotatable bonds is 8. The second-order valence-corrected chi connectivity index (χ2v) is 11.1. The van der Waals surface area contributed by atoms with Crippen LogP contribution >= 0.6 is 23.2 Å². The fraction of sp³-hybridized carbons (Fsp3) is 0.483. The van der Waals surface area contributed by atoms with E-state index in [1.807, 2.05) is 6.07 Å². The van der Waals surface area contributed by atoms with Crippen LogP contribution in [0.25, 0.3) is 0 Å². The van der Waals surface area contributed by atoms with E-state index in [9.17, 15) is 14.4 Å². The van der Waals surface area contributed by atoms with Crippen LogP contribution in [-0.2, 0) is 22.7 Å². The van der Waals surface area contributed by atoms with E-state index < -0.39 is 35.9 Å². The molecular formula is C29H37Cl2N5O4. The monoisotopic (exact) mass is 590 g/mol. The second-order valence-electron chi connectivity index (χ2n) is 10.3. The molecule has 0 spiro atoms. The molecule has 0 unspecified atom stereocenters. The maximum atomic E-state index is 13.6. The van der Waals surface area contributed by atoms with Crippen LogP contribution in [-0.4, -0.2) is 59.4 Å². The molecule has 3 amide bonds. The van der Waals surface area contributed by atoms with Crippen LogP contribution in [0.4, 0.5) is 4.79 Å². The van der Waals surface area contributed by atoms with Crippen LogP contribution in [0.3, 0.4) is 0 Å². The third-order valence-electron chi connectivity index (χ3n) is 7.45. The molecule has 9 nitrogen and oxygen atoms in total. The zero-order valence-corrected chi connectivity index (χ0v) is 23.9. The number of para-hydroxylation sites is 1. The molecule has 1 aliphatic heterocycles. The third kappa shape index (κ3) is 7.66. The average Bonchev–Trinajstić information content (AvgIpc) is 2.96. The zero-order valence-electron chi connectivity index (χ0n) is 23.4. The van der Waals surface area contributed by atoms with Crippen molar-refractivity contribution in [2.75, 3.05) is 19.6 Å². The average molecular weight is 592 g/mol. The molecule has 1 aliphatic carbocycles. The number of nitrogens with two attached hydrogens (primary N) is 2. The van der Waals surface area contributed by atoms with Crippen molar-refractivity contribution in [3.63, 3.8) is 0 Å². The molecule has 2 aliphatic rings. The summed E-state index contributed by atoms with van der Waals surface area (Å²) >= 11 is 12.4. The lowest BCUT2D eigenvalue weighted by Crippen LogP contribution is -2.64. The maximum absolute atomic E-state index is 13.6. The number of amides is 3. The number of carbonyl (C=O) groups is 3. The van der Waals surface area contributed by atoms with E-state index in [0.717, 1.165) is 30.4 Å². The molecule has 1 heterocycles. The van der Waals surface area contributed by atoms with E-state index in [0.29, 0.717) is 24.4 Å². The van der Waals surface area contributed by atoms with E-state index in [4.69, 9.17) is 40.8 Å². The van der Waals surface area contributed by atoms with Gasteiger partial charge in [-0.1, -0.05) is 79.6 Å². The number of halogens is 2. The van der Waals surface area contributed by atoms with Crippen LogP contribution in [0.1, 0.15) is 51.0 Å². The summed E-state index contributed by atoms with van der Waals surface area (Å²) in [5.74, 6) is -1.40. The van der Waals surface area contributed by atoms with Crippen molar-refractivity contribution in [1.29, 1.82) is 0 Å². The molecule has 2 fully saturated rings. The molecule has 2 aromatic rings. The Morgan fingerprint density at radius 2 is 1.82 bits per heavy atom. The van der Waals surface area contributed by atoms with Crippen molar-refractivity contribution in [2.24, 2.45) is 17.4 Å². The number of piperazine rings is 1. The van der Waals surface area contributed by atoms with E-state index in [2.05, 4.69) is 5.32 Å². The van der Waals surface area contributed by atoms with Crippen molar-refractivity contribution in [3.8, 4) is 5.75 Å². The second kappa shape index (κ2) is 14.2. The van der Waals surface area contributed by atoms with E-state index in [1.165, 1.54) is 9.80 Å². The van der Waals surface area contributed by atoms with E-state index in [1.54, 1.807) is 36.4 Å². The smallest absolute Gasteiger partial charge is 0.409 e. The maximum Gasteiger partial charge on any atom is 0.415 e. The Morgan fingerprint density at radius 1 is 1.07 bits per heavy atom. The molecule has 11 heteroatoms. The van der Waals surface area contributed by atoms with Gasteiger partial charge in [0, 0.05) is 32.6 Å². The molecule has 5 N–H and O–H groups in total. The highest BCUT2D eigenvalue weighted by molar-refractivity contribution is 6.32. The van der Waals surface area contributed by atoms with Crippen LogP contribution in [0.2, 0.25) is 10.0 Å². The molecule has 0 bridgehead atoms. The normalized spacial score (nSPS) is 19.9. The van der Waals surface area contributed by atoms with Gasteiger partial charge >= 0.3 is 6.09 Å². The minimum Gasteiger partial charge on any atom is -0.409 e. The topological polar surface area (TPSA) is 131 Å². The van der Waals surface area contributed by atoms with Crippen LogP contribution < -0.4 is 21.5 Å². The highest BCUT2D eigenvalue weighted by Gasteiger charge is 2.39. The summed E-state index contributed by atoms with van der Waals surface area (Å²) in [4.78, 5) is 42.9. The van der Waals surface area contributed by atoms with Gasteiger partial charge in [0.25, 0.3) is 0 Å². The molecule has 1 saturated carbocycles. The van der Waals surface area contributed by atoms with Crippen molar-refractivity contribution in [1.82, 2.24) is 15.1 Å². The summed E-state index contributed by atoms with van der Waals surface area (Å²) in [6, 6.07) is 10.0. The molecule has 0 radical (unpaired) electrons. The van der Waals surface area contributed by atoms with Gasteiger partial charge in [-0.25, -0.2) is 4.79 Å². The quantitative estimate of drug-likeness (QED) is 0.424. The highest BCUT2D eigenvalue weighted by Crippen LogP contribution is 2.28. The highest BCUT2D eigenvalue weighted by atomic mass is 35.5. The van der Waals surface area contributed by atoms with Gasteiger partial charge in [0.05, 0.1) is 17.6 Å². The number of hydrogen-bond acceptors (Lipinski definition) is 6. The van der Waals surface area contributed by atoms with Crippen LogP contribution in [0, 0.1) is 5.89 Å². The first kappa shape index (κ1) is 28.7. The third-order valence-corrected chi connectivity index (χ3v) is 8.11. The van der Waals surface area contributed by atoms with E-state index in [-0.39, 0.29) is 43.4 Å². The summed E-state index contributed by atoms with van der Waals surface area (Å²) in [5, 5.41) is 3.64. The Labute approximate surface area is 246 Å². The summed E-state index contributed by atoms with van der Waals surface area (Å²) in [7, 11) is 0. The van der Waals surface area contributed by atoms with Gasteiger partial charge in [-0.2, -0.15) is 0 Å². The summed E-state index contributed by atoms with van der Waals surface area (Å²) in [6.07, 6.45) is 3.91. The fourth-order valence-electron chi connectivity index (χ4n) is 5.16. The number of nitrogens with zero attached hydrogens (tertiary/aromatic N) is 2. The van der Waals surface area contributed by atoms with Gasteiger partial charge in [-0.05, 0) is 41.6 Å². The molecule has 1 saturated heterocycles. The number of hydrogen-bond donors (Lipinski definition) is 3.